The molecule has 0 bridgehead atoms. The molecule has 24 heavy (non-hydrogen) atoms. The molecular formula is C17H20N4O3. The quantitative estimate of drug-likeness (QED) is 0.872. The Morgan fingerprint density at radius 3 is 2.75 bits per heavy atom. The van der Waals surface area contributed by atoms with Gasteiger partial charge in [-0.1, -0.05) is 12.1 Å². The van der Waals surface area contributed by atoms with E-state index >= 15 is 0 Å². The van der Waals surface area contributed by atoms with Gasteiger partial charge in [-0.05, 0) is 25.0 Å². The number of carboxylic acid groups (broad SMARTS) is 1. The molecule has 1 saturated heterocycles. The molecule has 0 aliphatic carbocycles. The molecule has 0 atom stereocenters. The van der Waals surface area contributed by atoms with E-state index in [0.717, 1.165) is 17.3 Å². The van der Waals surface area contributed by atoms with Gasteiger partial charge >= 0.3 is 5.97 Å². The average molecular weight is 328 g/mol. The number of hydrogen-bond acceptors (Lipinski definition) is 6. The number of methoxy groups -OCH3 is 1. The zero-order valence-corrected chi connectivity index (χ0v) is 13.5. The number of piperidine rings is 1. The Labute approximate surface area is 140 Å². The van der Waals surface area contributed by atoms with E-state index in [9.17, 15) is 4.79 Å². The first-order valence-electron chi connectivity index (χ1n) is 7.87. The summed E-state index contributed by atoms with van der Waals surface area (Å²) in [6.45, 7) is 1.37. The molecule has 1 fully saturated rings. The third-order valence-corrected chi connectivity index (χ3v) is 4.19. The molecule has 1 aromatic carbocycles. The van der Waals surface area contributed by atoms with Gasteiger partial charge in [0.1, 0.15) is 23.7 Å². The number of carboxylic acids is 1. The second-order valence-electron chi connectivity index (χ2n) is 5.69. The van der Waals surface area contributed by atoms with Gasteiger partial charge in [0, 0.05) is 19.2 Å². The molecule has 126 valence electrons. The molecule has 2 heterocycles. The number of benzene rings is 1. The van der Waals surface area contributed by atoms with E-state index < -0.39 is 5.97 Å². The highest BCUT2D eigenvalue weighted by Crippen LogP contribution is 2.28. The minimum absolute atomic E-state index is 0.255. The van der Waals surface area contributed by atoms with Gasteiger partial charge in [0.15, 0.2) is 0 Å². The maximum atomic E-state index is 11.0. The predicted molar refractivity (Wildman–Crippen MR) is 90.9 cm³/mol. The van der Waals surface area contributed by atoms with Crippen molar-refractivity contribution in [2.75, 3.05) is 30.4 Å². The second-order valence-corrected chi connectivity index (χ2v) is 5.69. The highest BCUT2D eigenvalue weighted by molar-refractivity contribution is 5.70. The van der Waals surface area contributed by atoms with Gasteiger partial charge in [0.2, 0.25) is 0 Å². The Kier molecular flexibility index (Phi) is 4.79. The number of nitrogens with zero attached hydrogens (tertiary/aromatic N) is 3. The van der Waals surface area contributed by atoms with Gasteiger partial charge in [0.25, 0.3) is 0 Å². The van der Waals surface area contributed by atoms with Crippen LogP contribution >= 0.6 is 0 Å². The summed E-state index contributed by atoms with van der Waals surface area (Å²) in [4.78, 5) is 21.7. The first kappa shape index (κ1) is 16.0. The number of aromatic nitrogens is 2. The van der Waals surface area contributed by atoms with Gasteiger partial charge in [-0.15, -0.1) is 0 Å². The largest absolute Gasteiger partial charge is 0.495 e. The molecule has 7 nitrogen and oxygen atoms in total. The van der Waals surface area contributed by atoms with E-state index in [1.807, 2.05) is 30.3 Å². The van der Waals surface area contributed by atoms with Crippen molar-refractivity contribution >= 4 is 23.3 Å². The summed E-state index contributed by atoms with van der Waals surface area (Å²) in [6, 6.07) is 9.49. The summed E-state index contributed by atoms with van der Waals surface area (Å²) in [5.74, 6) is 1.24. The molecule has 2 aromatic rings. The minimum Gasteiger partial charge on any atom is -0.495 e. The van der Waals surface area contributed by atoms with Crippen LogP contribution in [-0.2, 0) is 4.79 Å². The fourth-order valence-corrected chi connectivity index (χ4v) is 2.83. The summed E-state index contributed by atoms with van der Waals surface area (Å²) in [7, 11) is 1.62. The molecule has 0 amide bonds. The van der Waals surface area contributed by atoms with Crippen molar-refractivity contribution in [3.8, 4) is 5.75 Å². The van der Waals surface area contributed by atoms with Crippen LogP contribution in [0.3, 0.4) is 0 Å². The van der Waals surface area contributed by atoms with Crippen molar-refractivity contribution in [1.82, 2.24) is 9.97 Å². The van der Waals surface area contributed by atoms with Crippen LogP contribution < -0.4 is 15.0 Å². The monoisotopic (exact) mass is 328 g/mol. The lowest BCUT2D eigenvalue weighted by atomic mass is 9.97. The van der Waals surface area contributed by atoms with Crippen LogP contribution in [0, 0.1) is 5.92 Å². The normalized spacial score (nSPS) is 15.1. The van der Waals surface area contributed by atoms with E-state index in [4.69, 9.17) is 9.84 Å². The molecule has 7 heteroatoms. The highest BCUT2D eigenvalue weighted by atomic mass is 16.5. The fourth-order valence-electron chi connectivity index (χ4n) is 2.83. The van der Waals surface area contributed by atoms with Gasteiger partial charge in [-0.2, -0.15) is 0 Å². The predicted octanol–water partition coefficient (Wildman–Crippen LogP) is 2.53. The third kappa shape index (κ3) is 3.56. The van der Waals surface area contributed by atoms with Crippen LogP contribution in [0.1, 0.15) is 12.8 Å². The Balaban J connectivity index is 1.72. The molecule has 0 radical (unpaired) electrons. The van der Waals surface area contributed by atoms with Crippen molar-refractivity contribution in [2.24, 2.45) is 5.92 Å². The second kappa shape index (κ2) is 7.16. The Morgan fingerprint density at radius 1 is 1.29 bits per heavy atom. The van der Waals surface area contributed by atoms with Crippen LogP contribution in [0.15, 0.2) is 36.7 Å². The number of ether oxygens (including phenoxy) is 1. The topological polar surface area (TPSA) is 87.6 Å². The number of nitrogens with one attached hydrogen (secondary N) is 1. The van der Waals surface area contributed by atoms with Crippen molar-refractivity contribution in [2.45, 2.75) is 12.8 Å². The van der Waals surface area contributed by atoms with Gasteiger partial charge in [-0.3, -0.25) is 4.79 Å². The molecular weight excluding hydrogens is 308 g/mol. The average Bonchev–Trinajstić information content (AvgIpc) is 2.62. The standard InChI is InChI=1S/C17H20N4O3/c1-24-14-5-3-2-4-13(14)20-15-10-16(19-11-18-15)21-8-6-12(7-9-21)17(22)23/h2-5,10-12H,6-9H2,1H3,(H,22,23)(H,18,19,20). The van der Waals surface area contributed by atoms with Crippen molar-refractivity contribution in [3.63, 3.8) is 0 Å². The Hall–Kier alpha value is -2.83. The zero-order chi connectivity index (χ0) is 16.9. The maximum absolute atomic E-state index is 11.0. The lowest BCUT2D eigenvalue weighted by Crippen LogP contribution is -2.36. The molecule has 1 aromatic heterocycles. The van der Waals surface area contributed by atoms with Crippen LogP contribution in [0.25, 0.3) is 0 Å². The molecule has 0 spiro atoms. The maximum Gasteiger partial charge on any atom is 0.306 e. The number of carbonyl (C=O) groups is 1. The van der Waals surface area contributed by atoms with Crippen LogP contribution in [0.5, 0.6) is 5.75 Å². The molecule has 1 aliphatic rings. The lowest BCUT2D eigenvalue weighted by molar-refractivity contribution is -0.142. The fraction of sp³-hybridized carbons (Fsp3) is 0.353. The SMILES string of the molecule is COc1ccccc1Nc1cc(N2CCC(C(=O)O)CC2)ncn1. The van der Waals surface area contributed by atoms with Gasteiger partial charge < -0.3 is 20.1 Å². The molecule has 0 saturated carbocycles. The van der Waals surface area contributed by atoms with E-state index in [2.05, 4.69) is 20.2 Å². The lowest BCUT2D eigenvalue weighted by Gasteiger charge is -2.31. The van der Waals surface area contributed by atoms with Crippen molar-refractivity contribution < 1.29 is 14.6 Å². The first-order chi connectivity index (χ1) is 11.7. The van der Waals surface area contributed by atoms with E-state index in [0.29, 0.717) is 31.7 Å². The summed E-state index contributed by atoms with van der Waals surface area (Å²) < 4.78 is 5.33. The molecule has 0 unspecified atom stereocenters. The van der Waals surface area contributed by atoms with Gasteiger partial charge in [0.05, 0.1) is 18.7 Å². The van der Waals surface area contributed by atoms with Crippen LogP contribution in [-0.4, -0.2) is 41.2 Å². The number of aliphatic carboxylic acids is 1. The molecule has 1 aliphatic heterocycles. The molecule has 2 N–H and O–H groups in total. The zero-order valence-electron chi connectivity index (χ0n) is 13.5. The summed E-state index contributed by atoms with van der Waals surface area (Å²) in [6.07, 6.45) is 2.78. The van der Waals surface area contributed by atoms with Crippen molar-refractivity contribution in [1.29, 1.82) is 0 Å². The summed E-state index contributed by atoms with van der Waals surface area (Å²) in [5.41, 5.74) is 0.828. The first-order valence-corrected chi connectivity index (χ1v) is 7.87. The summed E-state index contributed by atoms with van der Waals surface area (Å²) >= 11 is 0. The van der Waals surface area contributed by atoms with Gasteiger partial charge in [-0.25, -0.2) is 9.97 Å². The number of anilines is 3. The number of hydrogen-bond donors (Lipinski definition) is 2. The highest BCUT2D eigenvalue weighted by Gasteiger charge is 2.25. The summed E-state index contributed by atoms with van der Waals surface area (Å²) in [5, 5.41) is 12.3. The number of para-hydroxylation sites is 2. The van der Waals surface area contributed by atoms with E-state index in [-0.39, 0.29) is 5.92 Å². The smallest absolute Gasteiger partial charge is 0.306 e. The van der Waals surface area contributed by atoms with E-state index in [1.54, 1.807) is 7.11 Å². The Bertz CT molecular complexity index is 714. The number of rotatable bonds is 5. The van der Waals surface area contributed by atoms with E-state index in [1.165, 1.54) is 6.33 Å². The molecule has 3 rings (SSSR count). The van der Waals surface area contributed by atoms with Crippen LogP contribution in [0.2, 0.25) is 0 Å². The minimum atomic E-state index is -0.712. The third-order valence-electron chi connectivity index (χ3n) is 4.19. The Morgan fingerprint density at radius 2 is 2.04 bits per heavy atom. The van der Waals surface area contributed by atoms with Crippen molar-refractivity contribution in [3.05, 3.63) is 36.7 Å². The van der Waals surface area contributed by atoms with Crippen LogP contribution in [0.4, 0.5) is 17.3 Å².